The lowest BCUT2D eigenvalue weighted by Crippen LogP contribution is -2.23. The monoisotopic (exact) mass is 222 g/mol. The molecule has 2 unspecified atom stereocenters. The van der Waals surface area contributed by atoms with Crippen molar-refractivity contribution in [2.24, 2.45) is 5.92 Å². The first kappa shape index (κ1) is 13.0. The van der Waals surface area contributed by atoms with E-state index < -0.39 is 6.10 Å². The highest BCUT2D eigenvalue weighted by atomic mass is 16.3. The first-order valence-corrected chi connectivity index (χ1v) is 5.89. The molecule has 1 heterocycles. The summed E-state index contributed by atoms with van der Waals surface area (Å²) in [4.78, 5) is 6.44. The van der Waals surface area contributed by atoms with Gasteiger partial charge in [0.25, 0.3) is 0 Å². The predicted molar refractivity (Wildman–Crippen MR) is 67.6 cm³/mol. The number of aromatic nitrogens is 1. The van der Waals surface area contributed by atoms with E-state index in [2.05, 4.69) is 30.8 Å². The highest BCUT2D eigenvalue weighted by Crippen LogP contribution is 2.16. The molecule has 0 spiro atoms. The van der Waals surface area contributed by atoms with Crippen LogP contribution in [-0.4, -0.2) is 23.7 Å². The Hall–Kier alpha value is -1.09. The molecule has 0 aromatic carbocycles. The van der Waals surface area contributed by atoms with Gasteiger partial charge in [-0.25, -0.2) is 0 Å². The van der Waals surface area contributed by atoms with Crippen LogP contribution in [0.15, 0.2) is 18.3 Å². The highest BCUT2D eigenvalue weighted by molar-refractivity contribution is 5.43. The second-order valence-corrected chi connectivity index (χ2v) is 4.51. The molecule has 0 saturated heterocycles. The van der Waals surface area contributed by atoms with Gasteiger partial charge in [-0.3, -0.25) is 4.98 Å². The molecule has 0 amide bonds. The standard InChI is InChI=1S/C13H22N2O/c1-5-10(2)9-15(4)12-6-7-13(11(3)16)14-8-12/h6-8,10-11,16H,5,9H2,1-4H3. The van der Waals surface area contributed by atoms with Crippen molar-refractivity contribution in [2.75, 3.05) is 18.5 Å². The van der Waals surface area contributed by atoms with Gasteiger partial charge in [-0.15, -0.1) is 0 Å². The van der Waals surface area contributed by atoms with Gasteiger partial charge in [0.2, 0.25) is 0 Å². The van der Waals surface area contributed by atoms with E-state index in [0.717, 1.165) is 17.9 Å². The number of anilines is 1. The number of hydrogen-bond donors (Lipinski definition) is 1. The Morgan fingerprint density at radius 1 is 1.38 bits per heavy atom. The maximum atomic E-state index is 9.36. The Kier molecular flexibility index (Phi) is 4.74. The second kappa shape index (κ2) is 5.85. The first-order valence-electron chi connectivity index (χ1n) is 5.89. The van der Waals surface area contributed by atoms with Crippen LogP contribution in [0.25, 0.3) is 0 Å². The summed E-state index contributed by atoms with van der Waals surface area (Å²) in [6.07, 6.45) is 2.52. The van der Waals surface area contributed by atoms with Crippen molar-refractivity contribution < 1.29 is 5.11 Å². The third kappa shape index (κ3) is 3.49. The zero-order valence-corrected chi connectivity index (χ0v) is 10.6. The molecular weight excluding hydrogens is 200 g/mol. The molecular formula is C13H22N2O. The SMILES string of the molecule is CCC(C)CN(C)c1ccc(C(C)O)nc1. The van der Waals surface area contributed by atoms with Gasteiger partial charge in [-0.1, -0.05) is 20.3 Å². The fourth-order valence-electron chi connectivity index (χ4n) is 1.57. The van der Waals surface area contributed by atoms with Crippen molar-refractivity contribution in [3.05, 3.63) is 24.0 Å². The molecule has 0 bridgehead atoms. The van der Waals surface area contributed by atoms with Crippen LogP contribution < -0.4 is 4.90 Å². The van der Waals surface area contributed by atoms with Crippen molar-refractivity contribution in [2.45, 2.75) is 33.3 Å². The van der Waals surface area contributed by atoms with Crippen LogP contribution in [0.4, 0.5) is 5.69 Å². The molecule has 2 atom stereocenters. The third-order valence-electron chi connectivity index (χ3n) is 2.92. The van der Waals surface area contributed by atoms with Crippen LogP contribution in [0.5, 0.6) is 0 Å². The molecule has 1 rings (SSSR count). The maximum absolute atomic E-state index is 9.36. The minimum absolute atomic E-state index is 0.492. The van der Waals surface area contributed by atoms with Crippen LogP contribution in [0.2, 0.25) is 0 Å². The molecule has 3 heteroatoms. The molecule has 16 heavy (non-hydrogen) atoms. The predicted octanol–water partition coefficient (Wildman–Crippen LogP) is 2.62. The van der Waals surface area contributed by atoms with Crippen LogP contribution in [-0.2, 0) is 0 Å². The minimum Gasteiger partial charge on any atom is -0.387 e. The summed E-state index contributed by atoms with van der Waals surface area (Å²) in [5, 5.41) is 9.36. The van der Waals surface area contributed by atoms with E-state index >= 15 is 0 Å². The molecule has 90 valence electrons. The molecule has 0 aliphatic heterocycles. The Balaban J connectivity index is 2.66. The molecule has 1 aromatic rings. The van der Waals surface area contributed by atoms with Crippen molar-refractivity contribution in [3.8, 4) is 0 Å². The Labute approximate surface area is 98.1 Å². The molecule has 1 N–H and O–H groups in total. The summed E-state index contributed by atoms with van der Waals surface area (Å²) in [7, 11) is 2.07. The summed E-state index contributed by atoms with van der Waals surface area (Å²) in [5.41, 5.74) is 1.82. The van der Waals surface area contributed by atoms with Gasteiger partial charge in [0.15, 0.2) is 0 Å². The number of aliphatic hydroxyl groups excluding tert-OH is 1. The second-order valence-electron chi connectivity index (χ2n) is 4.51. The number of aliphatic hydroxyl groups is 1. The topological polar surface area (TPSA) is 36.4 Å². The maximum Gasteiger partial charge on any atom is 0.0931 e. The van der Waals surface area contributed by atoms with E-state index in [1.165, 1.54) is 6.42 Å². The number of rotatable bonds is 5. The summed E-state index contributed by atoms with van der Waals surface area (Å²) in [6, 6.07) is 3.89. The average molecular weight is 222 g/mol. The fourth-order valence-corrected chi connectivity index (χ4v) is 1.57. The number of pyridine rings is 1. The molecule has 0 radical (unpaired) electrons. The quantitative estimate of drug-likeness (QED) is 0.832. The Bertz CT molecular complexity index is 308. The van der Waals surface area contributed by atoms with Crippen LogP contribution in [0, 0.1) is 5.92 Å². The van der Waals surface area contributed by atoms with Crippen molar-refractivity contribution in [1.82, 2.24) is 4.98 Å². The molecule has 0 saturated carbocycles. The van der Waals surface area contributed by atoms with Gasteiger partial charge in [0.1, 0.15) is 0 Å². The molecule has 0 aliphatic rings. The van der Waals surface area contributed by atoms with Gasteiger partial charge < -0.3 is 10.0 Å². The van der Waals surface area contributed by atoms with E-state index in [4.69, 9.17) is 0 Å². The van der Waals surface area contributed by atoms with Crippen LogP contribution in [0.1, 0.15) is 39.0 Å². The van der Waals surface area contributed by atoms with Crippen molar-refractivity contribution in [3.63, 3.8) is 0 Å². The van der Waals surface area contributed by atoms with E-state index in [1.54, 1.807) is 6.92 Å². The molecule has 0 fully saturated rings. The summed E-state index contributed by atoms with van der Waals surface area (Å²) in [5.74, 6) is 0.682. The minimum atomic E-state index is -0.492. The summed E-state index contributed by atoms with van der Waals surface area (Å²) < 4.78 is 0. The number of nitrogens with zero attached hydrogens (tertiary/aromatic N) is 2. The molecule has 0 aliphatic carbocycles. The third-order valence-corrected chi connectivity index (χ3v) is 2.92. The van der Waals surface area contributed by atoms with Gasteiger partial charge in [-0.05, 0) is 25.0 Å². The van der Waals surface area contributed by atoms with E-state index in [-0.39, 0.29) is 0 Å². The van der Waals surface area contributed by atoms with E-state index in [1.807, 2.05) is 18.3 Å². The van der Waals surface area contributed by atoms with E-state index in [0.29, 0.717) is 5.92 Å². The van der Waals surface area contributed by atoms with Crippen molar-refractivity contribution in [1.29, 1.82) is 0 Å². The lowest BCUT2D eigenvalue weighted by atomic mass is 10.1. The number of hydrogen-bond acceptors (Lipinski definition) is 3. The largest absolute Gasteiger partial charge is 0.387 e. The summed E-state index contributed by atoms with van der Waals surface area (Å²) in [6.45, 7) is 7.21. The smallest absolute Gasteiger partial charge is 0.0931 e. The molecule has 1 aromatic heterocycles. The summed E-state index contributed by atoms with van der Waals surface area (Å²) >= 11 is 0. The first-order chi connectivity index (χ1) is 7.54. The lowest BCUT2D eigenvalue weighted by Gasteiger charge is -2.22. The van der Waals surface area contributed by atoms with Gasteiger partial charge in [-0.2, -0.15) is 0 Å². The van der Waals surface area contributed by atoms with Crippen LogP contribution >= 0.6 is 0 Å². The lowest BCUT2D eigenvalue weighted by molar-refractivity contribution is 0.194. The zero-order chi connectivity index (χ0) is 12.1. The Morgan fingerprint density at radius 2 is 2.06 bits per heavy atom. The highest BCUT2D eigenvalue weighted by Gasteiger charge is 2.07. The normalized spacial score (nSPS) is 14.6. The average Bonchev–Trinajstić information content (AvgIpc) is 2.28. The van der Waals surface area contributed by atoms with Gasteiger partial charge >= 0.3 is 0 Å². The van der Waals surface area contributed by atoms with E-state index in [9.17, 15) is 5.11 Å². The van der Waals surface area contributed by atoms with Gasteiger partial charge in [0, 0.05) is 13.6 Å². The molecule has 3 nitrogen and oxygen atoms in total. The zero-order valence-electron chi connectivity index (χ0n) is 10.6. The van der Waals surface area contributed by atoms with Crippen LogP contribution in [0.3, 0.4) is 0 Å². The Morgan fingerprint density at radius 3 is 2.50 bits per heavy atom. The van der Waals surface area contributed by atoms with Crippen molar-refractivity contribution >= 4 is 5.69 Å². The fraction of sp³-hybridized carbons (Fsp3) is 0.615. The van der Waals surface area contributed by atoms with Gasteiger partial charge in [0.05, 0.1) is 23.7 Å².